The lowest BCUT2D eigenvalue weighted by molar-refractivity contribution is 0.0916. The van der Waals surface area contributed by atoms with Crippen molar-refractivity contribution >= 4 is 28.5 Å². The Labute approximate surface area is 153 Å². The van der Waals surface area contributed by atoms with Crippen LogP contribution in [-0.2, 0) is 6.54 Å². The maximum absolute atomic E-state index is 12.2. The van der Waals surface area contributed by atoms with Gasteiger partial charge in [-0.1, -0.05) is 48.0 Å². The molecular formula is C19H14ClN3O3. The molecule has 26 heavy (non-hydrogen) atoms. The summed E-state index contributed by atoms with van der Waals surface area (Å²) in [6.45, 7) is 2.17. The number of aromatic nitrogens is 2. The summed E-state index contributed by atoms with van der Waals surface area (Å²) in [6.07, 6.45) is 0. The van der Waals surface area contributed by atoms with E-state index in [2.05, 4.69) is 15.5 Å². The van der Waals surface area contributed by atoms with Crippen molar-refractivity contribution in [1.29, 1.82) is 0 Å². The van der Waals surface area contributed by atoms with Crippen LogP contribution in [0.15, 0.2) is 57.4 Å². The van der Waals surface area contributed by atoms with Crippen molar-refractivity contribution in [2.75, 3.05) is 0 Å². The van der Waals surface area contributed by atoms with E-state index in [1.54, 1.807) is 6.07 Å². The van der Waals surface area contributed by atoms with Crippen molar-refractivity contribution in [3.63, 3.8) is 0 Å². The Bertz CT molecular complexity index is 1100. The average Bonchev–Trinajstić information content (AvgIpc) is 3.26. The van der Waals surface area contributed by atoms with E-state index < -0.39 is 5.91 Å². The summed E-state index contributed by atoms with van der Waals surface area (Å²) in [4.78, 5) is 12.2. The molecule has 0 radical (unpaired) electrons. The van der Waals surface area contributed by atoms with Crippen LogP contribution in [0, 0.1) is 6.92 Å². The first kappa shape index (κ1) is 16.4. The average molecular weight is 368 g/mol. The number of benzene rings is 2. The largest absolute Gasteiger partial charge is 0.451 e. The standard InChI is InChI=1S/C19H14ClN3O3/c1-11-13-7-3-5-9-15(13)25-16(11)18-22-23-19(26-18)17(24)21-10-12-6-2-4-8-14(12)20/h2-9H,10H2,1H3,(H,21,24). The molecule has 0 spiro atoms. The third-order valence-electron chi connectivity index (χ3n) is 4.05. The number of fused-ring (bicyclic) bond motifs is 1. The summed E-state index contributed by atoms with van der Waals surface area (Å²) < 4.78 is 11.3. The van der Waals surface area contributed by atoms with E-state index in [1.165, 1.54) is 0 Å². The summed E-state index contributed by atoms with van der Waals surface area (Å²) >= 11 is 6.08. The third-order valence-corrected chi connectivity index (χ3v) is 4.42. The summed E-state index contributed by atoms with van der Waals surface area (Å²) in [5, 5.41) is 12.0. The number of amides is 1. The van der Waals surface area contributed by atoms with E-state index in [1.807, 2.05) is 49.4 Å². The van der Waals surface area contributed by atoms with Gasteiger partial charge in [-0.2, -0.15) is 0 Å². The van der Waals surface area contributed by atoms with Crippen LogP contribution in [-0.4, -0.2) is 16.1 Å². The Morgan fingerprint density at radius 1 is 1.08 bits per heavy atom. The third kappa shape index (κ3) is 2.95. The van der Waals surface area contributed by atoms with Gasteiger partial charge in [-0.3, -0.25) is 4.79 Å². The smallest absolute Gasteiger partial charge is 0.309 e. The number of para-hydroxylation sites is 1. The lowest BCUT2D eigenvalue weighted by Gasteiger charge is -2.04. The number of carbonyl (C=O) groups is 1. The van der Waals surface area contributed by atoms with Gasteiger partial charge in [0.15, 0.2) is 5.76 Å². The van der Waals surface area contributed by atoms with Crippen LogP contribution in [0.3, 0.4) is 0 Å². The molecule has 130 valence electrons. The van der Waals surface area contributed by atoms with Crippen LogP contribution < -0.4 is 5.32 Å². The van der Waals surface area contributed by atoms with Gasteiger partial charge in [0.1, 0.15) is 5.58 Å². The predicted molar refractivity (Wildman–Crippen MR) is 96.9 cm³/mol. The minimum atomic E-state index is -0.475. The zero-order chi connectivity index (χ0) is 18.1. The molecule has 0 saturated carbocycles. The van der Waals surface area contributed by atoms with Crippen molar-refractivity contribution in [3.8, 4) is 11.7 Å². The van der Waals surface area contributed by atoms with Crippen LogP contribution >= 0.6 is 11.6 Å². The molecule has 2 heterocycles. The maximum atomic E-state index is 12.2. The molecule has 4 aromatic rings. The van der Waals surface area contributed by atoms with Gasteiger partial charge in [0.05, 0.1) is 0 Å². The molecule has 7 heteroatoms. The zero-order valence-corrected chi connectivity index (χ0v) is 14.6. The van der Waals surface area contributed by atoms with Crippen molar-refractivity contribution < 1.29 is 13.6 Å². The van der Waals surface area contributed by atoms with Crippen LogP contribution in [0.1, 0.15) is 21.8 Å². The maximum Gasteiger partial charge on any atom is 0.309 e. The van der Waals surface area contributed by atoms with Crippen molar-refractivity contribution in [1.82, 2.24) is 15.5 Å². The fraction of sp³-hybridized carbons (Fsp3) is 0.105. The summed E-state index contributed by atoms with van der Waals surface area (Å²) in [6, 6.07) is 14.9. The Morgan fingerprint density at radius 3 is 2.65 bits per heavy atom. The topological polar surface area (TPSA) is 81.2 Å². The zero-order valence-electron chi connectivity index (χ0n) is 13.8. The number of hydrogen-bond donors (Lipinski definition) is 1. The van der Waals surface area contributed by atoms with E-state index in [-0.39, 0.29) is 18.3 Å². The van der Waals surface area contributed by atoms with Gasteiger partial charge in [0.2, 0.25) is 0 Å². The minimum absolute atomic E-state index is 0.132. The number of carbonyl (C=O) groups excluding carboxylic acids is 1. The molecule has 1 amide bonds. The molecule has 2 aromatic heterocycles. The number of nitrogens with zero attached hydrogens (tertiary/aromatic N) is 2. The molecule has 0 aliphatic carbocycles. The number of hydrogen-bond acceptors (Lipinski definition) is 5. The van der Waals surface area contributed by atoms with Gasteiger partial charge < -0.3 is 14.2 Å². The molecule has 4 rings (SSSR count). The molecule has 0 aliphatic rings. The normalized spacial score (nSPS) is 11.0. The summed E-state index contributed by atoms with van der Waals surface area (Å²) in [7, 11) is 0. The highest BCUT2D eigenvalue weighted by Crippen LogP contribution is 2.31. The van der Waals surface area contributed by atoms with E-state index in [0.29, 0.717) is 10.8 Å². The quantitative estimate of drug-likeness (QED) is 0.579. The fourth-order valence-electron chi connectivity index (χ4n) is 2.68. The Kier molecular flexibility index (Phi) is 4.18. The molecule has 0 aliphatic heterocycles. The fourth-order valence-corrected chi connectivity index (χ4v) is 2.88. The molecule has 0 unspecified atom stereocenters. The number of nitrogens with one attached hydrogen (secondary N) is 1. The summed E-state index contributed by atoms with van der Waals surface area (Å²) in [5.74, 6) is 0.0230. The Balaban J connectivity index is 1.54. The van der Waals surface area contributed by atoms with Crippen molar-refractivity contribution in [2.45, 2.75) is 13.5 Å². The number of aryl methyl sites for hydroxylation is 1. The van der Waals surface area contributed by atoms with Crippen molar-refractivity contribution in [2.24, 2.45) is 0 Å². The van der Waals surface area contributed by atoms with Gasteiger partial charge in [-0.05, 0) is 24.6 Å². The highest BCUT2D eigenvalue weighted by molar-refractivity contribution is 6.31. The van der Waals surface area contributed by atoms with E-state index in [9.17, 15) is 4.79 Å². The van der Waals surface area contributed by atoms with Crippen molar-refractivity contribution in [3.05, 3.63) is 70.6 Å². The molecule has 0 atom stereocenters. The number of furan rings is 1. The Hall–Kier alpha value is -3.12. The van der Waals surface area contributed by atoms with Gasteiger partial charge in [0.25, 0.3) is 5.89 Å². The van der Waals surface area contributed by atoms with Gasteiger partial charge >= 0.3 is 11.8 Å². The second kappa shape index (κ2) is 6.65. The van der Waals surface area contributed by atoms with E-state index in [4.69, 9.17) is 20.4 Å². The van der Waals surface area contributed by atoms with Crippen LogP contribution in [0.2, 0.25) is 5.02 Å². The second-order valence-electron chi connectivity index (χ2n) is 5.74. The highest BCUT2D eigenvalue weighted by Gasteiger charge is 2.21. The first-order valence-corrected chi connectivity index (χ1v) is 8.35. The Morgan fingerprint density at radius 2 is 1.85 bits per heavy atom. The molecule has 1 N–H and O–H groups in total. The monoisotopic (exact) mass is 367 g/mol. The first-order valence-electron chi connectivity index (χ1n) is 7.97. The van der Waals surface area contributed by atoms with Gasteiger partial charge in [0, 0.05) is 22.5 Å². The minimum Gasteiger partial charge on any atom is -0.451 e. The number of rotatable bonds is 4. The molecule has 2 aromatic carbocycles. The molecule has 0 bridgehead atoms. The van der Waals surface area contributed by atoms with Gasteiger partial charge in [-0.15, -0.1) is 10.2 Å². The van der Waals surface area contributed by atoms with E-state index in [0.717, 1.165) is 22.1 Å². The molecule has 6 nitrogen and oxygen atoms in total. The van der Waals surface area contributed by atoms with Gasteiger partial charge in [-0.25, -0.2) is 0 Å². The summed E-state index contributed by atoms with van der Waals surface area (Å²) in [5.41, 5.74) is 2.41. The molecule has 0 saturated heterocycles. The second-order valence-corrected chi connectivity index (χ2v) is 6.15. The SMILES string of the molecule is Cc1c(-c2nnc(C(=O)NCc3ccccc3Cl)o2)oc2ccccc12. The van der Waals surface area contributed by atoms with Crippen LogP contribution in [0.25, 0.3) is 22.6 Å². The lowest BCUT2D eigenvalue weighted by atomic mass is 10.1. The van der Waals surface area contributed by atoms with Crippen LogP contribution in [0.5, 0.6) is 0 Å². The first-order chi connectivity index (χ1) is 12.6. The number of halogens is 1. The molecular weight excluding hydrogens is 354 g/mol. The highest BCUT2D eigenvalue weighted by atomic mass is 35.5. The lowest BCUT2D eigenvalue weighted by Crippen LogP contribution is -2.23. The molecule has 0 fully saturated rings. The van der Waals surface area contributed by atoms with Crippen LogP contribution in [0.4, 0.5) is 0 Å². The van der Waals surface area contributed by atoms with E-state index >= 15 is 0 Å². The predicted octanol–water partition coefficient (Wildman–Crippen LogP) is 4.37.